The maximum Gasteiger partial charge on any atom is 0.216 e. The van der Waals surface area contributed by atoms with Crippen molar-refractivity contribution in [1.29, 1.82) is 0 Å². The highest BCUT2D eigenvalue weighted by molar-refractivity contribution is 7.89. The molecule has 0 aromatic rings. The molecule has 0 aliphatic rings. The third kappa shape index (κ3) is 4.27. The zero-order valence-corrected chi connectivity index (χ0v) is 8.89. The largest absolute Gasteiger partial charge is 0.319 e. The van der Waals surface area contributed by atoms with E-state index in [2.05, 4.69) is 11.2 Å². The highest BCUT2D eigenvalue weighted by atomic mass is 32.2. The summed E-state index contributed by atoms with van der Waals surface area (Å²) in [5.74, 6) is 2.42. The number of terminal acetylenes is 1. The van der Waals surface area contributed by atoms with Gasteiger partial charge in [-0.3, -0.25) is 0 Å². The van der Waals surface area contributed by atoms with E-state index in [0.29, 0.717) is 13.1 Å². The zero-order chi connectivity index (χ0) is 10.3. The third-order valence-electron chi connectivity index (χ3n) is 1.62. The molecule has 0 saturated heterocycles. The molecule has 0 aromatic heterocycles. The van der Waals surface area contributed by atoms with Gasteiger partial charge >= 0.3 is 0 Å². The summed E-state index contributed by atoms with van der Waals surface area (Å²) >= 11 is 0. The fraction of sp³-hybridized carbons (Fsp3) is 0.750. The van der Waals surface area contributed by atoms with Gasteiger partial charge in [0.15, 0.2) is 0 Å². The Bertz CT molecular complexity index is 266. The molecule has 0 rings (SSSR count). The molecule has 0 bridgehead atoms. The minimum absolute atomic E-state index is 0.0962. The maximum atomic E-state index is 11.5. The molecule has 1 N–H and O–H groups in total. The number of nitrogens with one attached hydrogen (secondary N) is 1. The first-order chi connectivity index (χ1) is 6.08. The van der Waals surface area contributed by atoms with Crippen LogP contribution in [0, 0.1) is 12.3 Å². The van der Waals surface area contributed by atoms with Crippen molar-refractivity contribution in [3.63, 3.8) is 0 Å². The smallest absolute Gasteiger partial charge is 0.216 e. The van der Waals surface area contributed by atoms with E-state index in [9.17, 15) is 8.42 Å². The highest BCUT2D eigenvalue weighted by Gasteiger charge is 2.18. The molecule has 0 unspecified atom stereocenters. The van der Waals surface area contributed by atoms with Crippen molar-refractivity contribution in [3.8, 4) is 12.3 Å². The van der Waals surface area contributed by atoms with Crippen molar-refractivity contribution >= 4 is 10.0 Å². The van der Waals surface area contributed by atoms with Crippen molar-refractivity contribution in [2.75, 3.05) is 32.4 Å². The quantitative estimate of drug-likeness (QED) is 0.593. The van der Waals surface area contributed by atoms with Gasteiger partial charge in [0, 0.05) is 13.1 Å². The fourth-order valence-corrected chi connectivity index (χ4v) is 2.25. The molecule has 4 nitrogen and oxygen atoms in total. The minimum atomic E-state index is -3.17. The van der Waals surface area contributed by atoms with Crippen LogP contribution in [-0.2, 0) is 10.0 Å². The first-order valence-electron chi connectivity index (χ1n) is 4.14. The normalized spacial score (nSPS) is 11.5. The average molecular weight is 204 g/mol. The van der Waals surface area contributed by atoms with Crippen LogP contribution in [0.1, 0.15) is 6.92 Å². The predicted molar refractivity (Wildman–Crippen MR) is 53.8 cm³/mol. The van der Waals surface area contributed by atoms with Gasteiger partial charge in [0.05, 0.1) is 12.3 Å². The number of hydrogen-bond donors (Lipinski definition) is 1. The van der Waals surface area contributed by atoms with E-state index in [1.165, 1.54) is 4.31 Å². The van der Waals surface area contributed by atoms with Gasteiger partial charge in [0.25, 0.3) is 0 Å². The Morgan fingerprint density at radius 3 is 2.54 bits per heavy atom. The van der Waals surface area contributed by atoms with Crippen LogP contribution < -0.4 is 5.32 Å². The molecular formula is C8H16N2O2S. The molecule has 0 heterocycles. The molecule has 0 spiro atoms. The van der Waals surface area contributed by atoms with Crippen molar-refractivity contribution < 1.29 is 8.42 Å². The van der Waals surface area contributed by atoms with Gasteiger partial charge in [-0.25, -0.2) is 8.42 Å². The maximum absolute atomic E-state index is 11.5. The van der Waals surface area contributed by atoms with Gasteiger partial charge < -0.3 is 5.32 Å². The van der Waals surface area contributed by atoms with Gasteiger partial charge in [-0.1, -0.05) is 12.8 Å². The van der Waals surface area contributed by atoms with Crippen LogP contribution in [0.25, 0.3) is 0 Å². The lowest BCUT2D eigenvalue weighted by Crippen LogP contribution is -2.35. The summed E-state index contributed by atoms with van der Waals surface area (Å²) < 4.78 is 24.3. The molecule has 0 radical (unpaired) electrons. The summed E-state index contributed by atoms with van der Waals surface area (Å²) in [7, 11) is -1.45. The number of hydrogen-bond acceptors (Lipinski definition) is 3. The minimum Gasteiger partial charge on any atom is -0.319 e. The van der Waals surface area contributed by atoms with Gasteiger partial charge in [0.2, 0.25) is 10.0 Å². The number of nitrogens with zero attached hydrogens (tertiary/aromatic N) is 1. The summed E-state index contributed by atoms with van der Waals surface area (Å²) in [5.41, 5.74) is 0. The van der Waals surface area contributed by atoms with E-state index in [1.54, 1.807) is 14.0 Å². The second-order valence-electron chi connectivity index (χ2n) is 2.55. The van der Waals surface area contributed by atoms with Crippen LogP contribution in [-0.4, -0.2) is 45.2 Å². The summed E-state index contributed by atoms with van der Waals surface area (Å²) in [6.07, 6.45) is 5.06. The molecule has 5 heteroatoms. The summed E-state index contributed by atoms with van der Waals surface area (Å²) in [6.45, 7) is 2.80. The molecule has 0 aromatic carbocycles. The van der Waals surface area contributed by atoms with Crippen molar-refractivity contribution in [3.05, 3.63) is 0 Å². The van der Waals surface area contributed by atoms with E-state index in [-0.39, 0.29) is 12.3 Å². The van der Waals surface area contributed by atoms with Crippen LogP contribution >= 0.6 is 0 Å². The third-order valence-corrected chi connectivity index (χ3v) is 3.52. The lowest BCUT2D eigenvalue weighted by atomic mass is 10.6. The molecule has 76 valence electrons. The standard InChI is InChI=1S/C8H16N2O2S/c1-4-7-10(5-2)13(11,12)8-6-9-3/h1,9H,5-8H2,2-3H3. The number of rotatable bonds is 6. The Labute approximate surface area is 80.4 Å². The van der Waals surface area contributed by atoms with Crippen molar-refractivity contribution in [2.24, 2.45) is 0 Å². The Morgan fingerprint density at radius 2 is 2.15 bits per heavy atom. The molecule has 0 atom stereocenters. The second-order valence-corrected chi connectivity index (χ2v) is 4.64. The molecule has 0 amide bonds. The van der Waals surface area contributed by atoms with Crippen LogP contribution in [0.4, 0.5) is 0 Å². The zero-order valence-electron chi connectivity index (χ0n) is 8.08. The predicted octanol–water partition coefficient (Wildman–Crippen LogP) is -0.509. The Kier molecular flexibility index (Phi) is 5.71. The van der Waals surface area contributed by atoms with E-state index in [1.807, 2.05) is 0 Å². The molecule has 0 aliphatic heterocycles. The lowest BCUT2D eigenvalue weighted by Gasteiger charge is -2.17. The van der Waals surface area contributed by atoms with Crippen LogP contribution in [0.5, 0.6) is 0 Å². The molecule has 13 heavy (non-hydrogen) atoms. The lowest BCUT2D eigenvalue weighted by molar-refractivity contribution is 0.463. The van der Waals surface area contributed by atoms with Gasteiger partial charge in [-0.05, 0) is 7.05 Å². The first kappa shape index (κ1) is 12.4. The monoisotopic (exact) mass is 204 g/mol. The van der Waals surface area contributed by atoms with Gasteiger partial charge in [-0.15, -0.1) is 6.42 Å². The summed E-state index contributed by atoms with van der Waals surface area (Å²) in [5, 5.41) is 2.79. The molecule has 0 fully saturated rings. The van der Waals surface area contributed by atoms with Crippen molar-refractivity contribution in [1.82, 2.24) is 9.62 Å². The van der Waals surface area contributed by atoms with E-state index < -0.39 is 10.0 Å². The Balaban J connectivity index is 4.32. The van der Waals surface area contributed by atoms with E-state index in [4.69, 9.17) is 6.42 Å². The Hall–Kier alpha value is -0.570. The molecule has 0 aliphatic carbocycles. The second kappa shape index (κ2) is 5.97. The summed E-state index contributed by atoms with van der Waals surface area (Å²) in [4.78, 5) is 0. The van der Waals surface area contributed by atoms with Crippen molar-refractivity contribution in [2.45, 2.75) is 6.92 Å². The average Bonchev–Trinajstić information content (AvgIpc) is 2.10. The fourth-order valence-electron chi connectivity index (χ4n) is 0.869. The highest BCUT2D eigenvalue weighted by Crippen LogP contribution is 1.99. The topological polar surface area (TPSA) is 49.4 Å². The van der Waals surface area contributed by atoms with Crippen LogP contribution in [0.2, 0.25) is 0 Å². The Morgan fingerprint density at radius 1 is 1.54 bits per heavy atom. The summed E-state index contributed by atoms with van der Waals surface area (Å²) in [6, 6.07) is 0. The SMILES string of the molecule is C#CCN(CC)S(=O)(=O)CCNC. The molecule has 0 saturated carbocycles. The molecular weight excluding hydrogens is 188 g/mol. The van der Waals surface area contributed by atoms with E-state index >= 15 is 0 Å². The van der Waals surface area contributed by atoms with Crippen LogP contribution in [0.15, 0.2) is 0 Å². The van der Waals surface area contributed by atoms with Gasteiger partial charge in [-0.2, -0.15) is 4.31 Å². The van der Waals surface area contributed by atoms with E-state index in [0.717, 1.165) is 0 Å². The van der Waals surface area contributed by atoms with Crippen LogP contribution in [0.3, 0.4) is 0 Å². The number of sulfonamides is 1. The first-order valence-corrected chi connectivity index (χ1v) is 5.75. The van der Waals surface area contributed by atoms with Gasteiger partial charge in [0.1, 0.15) is 0 Å².